The van der Waals surface area contributed by atoms with Crippen molar-refractivity contribution in [1.82, 2.24) is 15.0 Å². The van der Waals surface area contributed by atoms with E-state index in [9.17, 15) is 0 Å². The average molecular weight is 335 g/mol. The number of H-pyrrole nitrogens is 1. The highest BCUT2D eigenvalue weighted by atomic mass is 32.1. The van der Waals surface area contributed by atoms with Crippen molar-refractivity contribution >= 4 is 44.0 Å². The van der Waals surface area contributed by atoms with Gasteiger partial charge in [-0.25, -0.2) is 9.97 Å². The van der Waals surface area contributed by atoms with E-state index in [2.05, 4.69) is 34.2 Å². The van der Waals surface area contributed by atoms with Crippen molar-refractivity contribution in [2.24, 2.45) is 0 Å². The van der Waals surface area contributed by atoms with E-state index < -0.39 is 0 Å². The lowest BCUT2D eigenvalue weighted by atomic mass is 10.0. The highest BCUT2D eigenvalue weighted by molar-refractivity contribution is 7.71. The van der Waals surface area contributed by atoms with Crippen LogP contribution < -0.4 is 0 Å². The third-order valence-electron chi connectivity index (χ3n) is 4.54. The van der Waals surface area contributed by atoms with Crippen molar-refractivity contribution < 1.29 is 0 Å². The summed E-state index contributed by atoms with van der Waals surface area (Å²) in [5.41, 5.74) is 6.29. The molecule has 23 heavy (non-hydrogen) atoms. The molecule has 1 aromatic carbocycles. The van der Waals surface area contributed by atoms with Crippen LogP contribution in [-0.4, -0.2) is 15.0 Å². The SMILES string of the molecule is S=c1nc[nH]c2c1sc1nc(-c3ccccc3)c3c(c12)CCC3. The van der Waals surface area contributed by atoms with Gasteiger partial charge in [-0.05, 0) is 30.4 Å². The summed E-state index contributed by atoms with van der Waals surface area (Å²) in [7, 11) is 0. The van der Waals surface area contributed by atoms with Gasteiger partial charge in [0.2, 0.25) is 0 Å². The minimum atomic E-state index is 0.662. The van der Waals surface area contributed by atoms with Crippen molar-refractivity contribution in [1.29, 1.82) is 0 Å². The lowest BCUT2D eigenvalue weighted by Crippen LogP contribution is -1.94. The standard InChI is InChI=1S/C18H13N3S2/c22-17-16-15(19-9-20-17)13-11-7-4-8-12(11)14(21-18(13)23-16)10-5-2-1-3-6-10/h1-3,5-6,9H,4,7-8H2,(H,19,20,22). The fourth-order valence-electron chi connectivity index (χ4n) is 3.57. The number of aromatic nitrogens is 3. The van der Waals surface area contributed by atoms with E-state index in [-0.39, 0.29) is 0 Å². The van der Waals surface area contributed by atoms with E-state index in [1.54, 1.807) is 17.7 Å². The zero-order valence-corrected chi connectivity index (χ0v) is 13.9. The zero-order chi connectivity index (χ0) is 15.4. The van der Waals surface area contributed by atoms with E-state index >= 15 is 0 Å². The van der Waals surface area contributed by atoms with Crippen molar-refractivity contribution in [2.75, 3.05) is 0 Å². The predicted octanol–water partition coefficient (Wildman–Crippen LogP) is 5.06. The molecule has 5 heteroatoms. The van der Waals surface area contributed by atoms with Gasteiger partial charge in [-0.3, -0.25) is 0 Å². The first-order valence-corrected chi connectivity index (χ1v) is 8.92. The molecule has 0 atom stereocenters. The lowest BCUT2D eigenvalue weighted by molar-refractivity contribution is 0.913. The van der Waals surface area contributed by atoms with Crippen LogP contribution in [0.15, 0.2) is 36.7 Å². The molecule has 3 aromatic heterocycles. The molecule has 3 nitrogen and oxygen atoms in total. The third-order valence-corrected chi connectivity index (χ3v) is 6.07. The van der Waals surface area contributed by atoms with Gasteiger partial charge in [0.25, 0.3) is 0 Å². The summed E-state index contributed by atoms with van der Waals surface area (Å²) >= 11 is 7.05. The van der Waals surface area contributed by atoms with Crippen molar-refractivity contribution in [2.45, 2.75) is 19.3 Å². The molecule has 0 spiro atoms. The minimum absolute atomic E-state index is 0.662. The van der Waals surface area contributed by atoms with Crippen LogP contribution >= 0.6 is 23.6 Å². The number of pyridine rings is 1. The largest absolute Gasteiger partial charge is 0.344 e. The van der Waals surface area contributed by atoms with Crippen molar-refractivity contribution in [3.05, 3.63) is 52.4 Å². The first kappa shape index (κ1) is 13.3. The van der Waals surface area contributed by atoms with Crippen LogP contribution in [0.5, 0.6) is 0 Å². The Morgan fingerprint density at radius 2 is 1.91 bits per heavy atom. The number of nitrogens with one attached hydrogen (secondary N) is 1. The Labute approximate surface area is 142 Å². The fraction of sp³-hybridized carbons (Fsp3) is 0.167. The van der Waals surface area contributed by atoms with Gasteiger partial charge in [0.15, 0.2) is 0 Å². The molecule has 0 unspecified atom stereocenters. The van der Waals surface area contributed by atoms with Crippen LogP contribution in [0, 0.1) is 4.64 Å². The van der Waals surface area contributed by atoms with Gasteiger partial charge in [0.05, 0.1) is 22.2 Å². The number of rotatable bonds is 1. The number of aromatic amines is 1. The number of fused-ring (bicyclic) bond motifs is 5. The molecule has 112 valence electrons. The summed E-state index contributed by atoms with van der Waals surface area (Å²) in [4.78, 5) is 13.6. The van der Waals surface area contributed by atoms with Gasteiger partial charge >= 0.3 is 0 Å². The molecular formula is C18H13N3S2. The highest BCUT2D eigenvalue weighted by Crippen LogP contribution is 2.41. The van der Waals surface area contributed by atoms with Gasteiger partial charge in [-0.1, -0.05) is 42.5 Å². The summed E-state index contributed by atoms with van der Waals surface area (Å²) in [5, 5.41) is 1.26. The summed E-state index contributed by atoms with van der Waals surface area (Å²) in [6.07, 6.45) is 5.11. The van der Waals surface area contributed by atoms with Crippen LogP contribution in [0.4, 0.5) is 0 Å². The molecule has 4 aromatic rings. The molecular weight excluding hydrogens is 322 g/mol. The molecule has 0 bridgehead atoms. The van der Waals surface area contributed by atoms with Gasteiger partial charge in [-0.2, -0.15) is 0 Å². The molecule has 0 saturated heterocycles. The first-order chi connectivity index (χ1) is 11.3. The lowest BCUT2D eigenvalue weighted by Gasteiger charge is -2.09. The maximum atomic E-state index is 5.40. The number of benzene rings is 1. The van der Waals surface area contributed by atoms with Gasteiger partial charge in [0.1, 0.15) is 9.47 Å². The fourth-order valence-corrected chi connectivity index (χ4v) is 4.91. The Kier molecular flexibility index (Phi) is 2.87. The van der Waals surface area contributed by atoms with Crippen LogP contribution in [0.2, 0.25) is 0 Å². The number of hydrogen-bond donors (Lipinski definition) is 1. The maximum absolute atomic E-state index is 5.40. The summed E-state index contributed by atoms with van der Waals surface area (Å²) in [6.45, 7) is 0. The molecule has 0 radical (unpaired) electrons. The maximum Gasteiger partial charge on any atom is 0.147 e. The third kappa shape index (κ3) is 1.90. The molecule has 1 N–H and O–H groups in total. The van der Waals surface area contributed by atoms with Gasteiger partial charge < -0.3 is 4.98 Å². The number of aryl methyl sites for hydroxylation is 1. The van der Waals surface area contributed by atoms with Crippen LogP contribution in [0.25, 0.3) is 31.7 Å². The Hall–Kier alpha value is -2.11. The Bertz CT molecular complexity index is 1110. The minimum Gasteiger partial charge on any atom is -0.344 e. The molecule has 1 aliphatic carbocycles. The summed E-state index contributed by atoms with van der Waals surface area (Å²) in [6, 6.07) is 10.5. The topological polar surface area (TPSA) is 41.6 Å². The molecule has 3 heterocycles. The van der Waals surface area contributed by atoms with Crippen LogP contribution in [-0.2, 0) is 12.8 Å². The predicted molar refractivity (Wildman–Crippen MR) is 97.6 cm³/mol. The number of nitrogens with zero attached hydrogens (tertiary/aromatic N) is 2. The van der Waals surface area contributed by atoms with E-state index in [1.165, 1.54) is 28.5 Å². The summed E-state index contributed by atoms with van der Waals surface area (Å²) < 4.78 is 1.71. The zero-order valence-electron chi connectivity index (χ0n) is 12.3. The second-order valence-electron chi connectivity index (χ2n) is 5.83. The van der Waals surface area contributed by atoms with E-state index in [1.807, 2.05) is 6.07 Å². The van der Waals surface area contributed by atoms with E-state index in [0.29, 0.717) is 4.64 Å². The highest BCUT2D eigenvalue weighted by Gasteiger charge is 2.23. The number of thiophene rings is 1. The quantitative estimate of drug-likeness (QED) is 0.494. The van der Waals surface area contributed by atoms with Crippen LogP contribution in [0.3, 0.4) is 0 Å². The monoisotopic (exact) mass is 335 g/mol. The molecule has 5 rings (SSSR count). The second kappa shape index (κ2) is 4.94. The molecule has 0 fully saturated rings. The van der Waals surface area contributed by atoms with E-state index in [4.69, 9.17) is 17.2 Å². The second-order valence-corrected chi connectivity index (χ2v) is 7.22. The molecule has 0 saturated carbocycles. The van der Waals surface area contributed by atoms with Crippen molar-refractivity contribution in [3.63, 3.8) is 0 Å². The first-order valence-electron chi connectivity index (χ1n) is 7.70. The average Bonchev–Trinajstić information content (AvgIpc) is 3.19. The Balaban J connectivity index is 1.95. The molecule has 0 amide bonds. The summed E-state index contributed by atoms with van der Waals surface area (Å²) in [5.74, 6) is 0. The van der Waals surface area contributed by atoms with Gasteiger partial charge in [-0.15, -0.1) is 11.3 Å². The Morgan fingerprint density at radius 3 is 2.78 bits per heavy atom. The smallest absolute Gasteiger partial charge is 0.147 e. The number of hydrogen-bond acceptors (Lipinski definition) is 4. The van der Waals surface area contributed by atoms with E-state index in [0.717, 1.165) is 33.6 Å². The van der Waals surface area contributed by atoms with Gasteiger partial charge in [0, 0.05) is 10.9 Å². The molecule has 0 aliphatic heterocycles. The van der Waals surface area contributed by atoms with Crippen LogP contribution in [0.1, 0.15) is 17.5 Å². The normalized spacial score (nSPS) is 13.7. The van der Waals surface area contributed by atoms with Crippen molar-refractivity contribution in [3.8, 4) is 11.3 Å². The Morgan fingerprint density at radius 1 is 1.09 bits per heavy atom. The molecule has 1 aliphatic rings.